The molecule has 66 valence electrons. The van der Waals surface area contributed by atoms with Gasteiger partial charge < -0.3 is 5.11 Å². The van der Waals surface area contributed by atoms with Gasteiger partial charge in [0.05, 0.1) is 0 Å². The predicted molar refractivity (Wildman–Crippen MR) is 51.5 cm³/mol. The molecule has 0 atom stereocenters. The molecule has 0 radical (unpaired) electrons. The number of hydrogen-bond acceptors (Lipinski definition) is 2. The first-order valence-corrected chi connectivity index (χ1v) is 4.00. The van der Waals surface area contributed by atoms with Crippen molar-refractivity contribution in [2.75, 3.05) is 0 Å². The quantitative estimate of drug-likeness (QED) is 0.686. The zero-order valence-corrected chi connectivity index (χ0v) is 7.16. The Bertz CT molecular complexity index is 388. The molecule has 0 heterocycles. The third-order valence-electron chi connectivity index (χ3n) is 1.73. The molecule has 2 heteroatoms. The Morgan fingerprint density at radius 1 is 1.38 bits per heavy atom. The van der Waals surface area contributed by atoms with E-state index in [2.05, 4.69) is 5.92 Å². The number of aromatic hydroxyl groups is 1. The maximum absolute atomic E-state index is 11.1. The molecule has 0 saturated carbocycles. The highest BCUT2D eigenvalue weighted by Crippen LogP contribution is 2.11. The zero-order chi connectivity index (χ0) is 9.68. The molecule has 1 aromatic carbocycles. The Kier molecular flexibility index (Phi) is 3.10. The number of hydrogen-bond donors (Lipinski definition) is 1. The SMILES string of the molecule is C#CCCc1ccccc(=O)c1O. The van der Waals surface area contributed by atoms with Crippen LogP contribution in [0.25, 0.3) is 0 Å². The van der Waals surface area contributed by atoms with Crippen molar-refractivity contribution in [2.45, 2.75) is 12.8 Å². The summed E-state index contributed by atoms with van der Waals surface area (Å²) in [7, 11) is 0. The molecule has 0 aliphatic carbocycles. The van der Waals surface area contributed by atoms with Gasteiger partial charge in [-0.3, -0.25) is 4.79 Å². The number of rotatable bonds is 2. The first-order valence-electron chi connectivity index (χ1n) is 4.00. The van der Waals surface area contributed by atoms with Crippen LogP contribution in [0.1, 0.15) is 12.0 Å². The number of aryl methyl sites for hydroxylation is 1. The highest BCUT2D eigenvalue weighted by Gasteiger charge is 2.00. The van der Waals surface area contributed by atoms with Crippen molar-refractivity contribution in [1.29, 1.82) is 0 Å². The molecular formula is C11H10O2. The first-order chi connectivity index (χ1) is 6.25. The number of terminal acetylenes is 1. The van der Waals surface area contributed by atoms with E-state index < -0.39 is 0 Å². The van der Waals surface area contributed by atoms with Gasteiger partial charge >= 0.3 is 0 Å². The summed E-state index contributed by atoms with van der Waals surface area (Å²) < 4.78 is 0. The third kappa shape index (κ3) is 2.34. The average Bonchev–Trinajstić information content (AvgIpc) is 2.28. The van der Waals surface area contributed by atoms with E-state index in [4.69, 9.17) is 6.42 Å². The van der Waals surface area contributed by atoms with E-state index in [1.165, 1.54) is 6.07 Å². The second kappa shape index (κ2) is 4.32. The molecule has 13 heavy (non-hydrogen) atoms. The van der Waals surface area contributed by atoms with Gasteiger partial charge in [0.25, 0.3) is 0 Å². The van der Waals surface area contributed by atoms with Gasteiger partial charge in [0.15, 0.2) is 5.75 Å². The topological polar surface area (TPSA) is 37.3 Å². The second-order valence-electron chi connectivity index (χ2n) is 2.66. The van der Waals surface area contributed by atoms with Crippen LogP contribution in [-0.2, 0) is 6.42 Å². The van der Waals surface area contributed by atoms with E-state index in [9.17, 15) is 9.90 Å². The third-order valence-corrected chi connectivity index (χ3v) is 1.73. The lowest BCUT2D eigenvalue weighted by Gasteiger charge is -1.95. The van der Waals surface area contributed by atoms with Crippen LogP contribution >= 0.6 is 0 Å². The van der Waals surface area contributed by atoms with Crippen LogP contribution in [0, 0.1) is 12.3 Å². The van der Waals surface area contributed by atoms with Crippen LogP contribution in [0.4, 0.5) is 0 Å². The largest absolute Gasteiger partial charge is 0.504 e. The standard InChI is InChI=1S/C11H10O2/c1-2-3-6-9-7-4-5-8-10(12)11(9)13/h1,4-5,7-8H,3,6H2,(H,12,13). The Balaban J connectivity index is 3.10. The molecule has 0 fully saturated rings. The first kappa shape index (κ1) is 9.34. The fraction of sp³-hybridized carbons (Fsp3) is 0.182. The molecule has 0 spiro atoms. The predicted octanol–water partition coefficient (Wildman–Crippen LogP) is 1.32. The molecule has 0 aliphatic heterocycles. The van der Waals surface area contributed by atoms with E-state index in [1.807, 2.05) is 0 Å². The van der Waals surface area contributed by atoms with Crippen LogP contribution in [0.3, 0.4) is 0 Å². The monoisotopic (exact) mass is 174 g/mol. The zero-order valence-electron chi connectivity index (χ0n) is 7.16. The minimum absolute atomic E-state index is 0.194. The molecule has 1 N–H and O–H groups in total. The summed E-state index contributed by atoms with van der Waals surface area (Å²) in [6.07, 6.45) is 6.14. The van der Waals surface area contributed by atoms with Crippen LogP contribution in [-0.4, -0.2) is 5.11 Å². The molecule has 0 bridgehead atoms. The van der Waals surface area contributed by atoms with Crippen molar-refractivity contribution in [2.24, 2.45) is 0 Å². The fourth-order valence-electron chi connectivity index (χ4n) is 1.04. The smallest absolute Gasteiger partial charge is 0.220 e. The summed E-state index contributed by atoms with van der Waals surface area (Å²) in [4.78, 5) is 11.1. The summed E-state index contributed by atoms with van der Waals surface area (Å²) in [5.74, 6) is 2.27. The van der Waals surface area contributed by atoms with Gasteiger partial charge in [0.1, 0.15) is 0 Å². The highest BCUT2D eigenvalue weighted by molar-refractivity contribution is 5.31. The van der Waals surface area contributed by atoms with E-state index in [0.29, 0.717) is 18.4 Å². The molecule has 1 aromatic rings. The van der Waals surface area contributed by atoms with Crippen molar-refractivity contribution < 1.29 is 5.11 Å². The van der Waals surface area contributed by atoms with Gasteiger partial charge in [0.2, 0.25) is 5.43 Å². The molecule has 1 rings (SSSR count). The summed E-state index contributed by atoms with van der Waals surface area (Å²) in [6.45, 7) is 0. The molecule has 0 aromatic heterocycles. The Morgan fingerprint density at radius 3 is 2.77 bits per heavy atom. The van der Waals surface area contributed by atoms with Crippen LogP contribution in [0.15, 0.2) is 29.1 Å². The van der Waals surface area contributed by atoms with Gasteiger partial charge in [-0.1, -0.05) is 18.2 Å². The lowest BCUT2D eigenvalue weighted by molar-refractivity contribution is 0.464. The van der Waals surface area contributed by atoms with Crippen molar-refractivity contribution in [3.8, 4) is 18.1 Å². The molecule has 0 aliphatic rings. The van der Waals surface area contributed by atoms with Crippen molar-refractivity contribution >= 4 is 0 Å². The van der Waals surface area contributed by atoms with E-state index in [0.717, 1.165) is 0 Å². The van der Waals surface area contributed by atoms with Gasteiger partial charge in [-0.05, 0) is 18.1 Å². The van der Waals surface area contributed by atoms with E-state index in [-0.39, 0.29) is 11.2 Å². The van der Waals surface area contributed by atoms with Crippen molar-refractivity contribution in [3.05, 3.63) is 40.1 Å². The molecule has 0 amide bonds. The minimum atomic E-state index is -0.364. The summed E-state index contributed by atoms with van der Waals surface area (Å²) in [5, 5.41) is 9.40. The van der Waals surface area contributed by atoms with E-state index >= 15 is 0 Å². The maximum Gasteiger partial charge on any atom is 0.220 e. The summed E-state index contributed by atoms with van der Waals surface area (Å²) in [6, 6.07) is 6.34. The van der Waals surface area contributed by atoms with Crippen LogP contribution < -0.4 is 5.43 Å². The van der Waals surface area contributed by atoms with E-state index in [1.54, 1.807) is 18.2 Å². The lowest BCUT2D eigenvalue weighted by atomic mass is 10.1. The van der Waals surface area contributed by atoms with Crippen molar-refractivity contribution in [3.63, 3.8) is 0 Å². The average molecular weight is 174 g/mol. The second-order valence-corrected chi connectivity index (χ2v) is 2.66. The highest BCUT2D eigenvalue weighted by atomic mass is 16.3. The Morgan fingerprint density at radius 2 is 2.08 bits per heavy atom. The fourth-order valence-corrected chi connectivity index (χ4v) is 1.04. The Labute approximate surface area is 76.9 Å². The van der Waals surface area contributed by atoms with Crippen molar-refractivity contribution in [1.82, 2.24) is 0 Å². The Hall–Kier alpha value is -1.75. The van der Waals surface area contributed by atoms with Gasteiger partial charge in [-0.25, -0.2) is 0 Å². The summed E-state index contributed by atoms with van der Waals surface area (Å²) >= 11 is 0. The van der Waals surface area contributed by atoms with Gasteiger partial charge in [-0.15, -0.1) is 12.3 Å². The molecular weight excluding hydrogens is 164 g/mol. The van der Waals surface area contributed by atoms with Crippen LogP contribution in [0.2, 0.25) is 0 Å². The summed E-state index contributed by atoms with van der Waals surface area (Å²) in [5.41, 5.74) is 0.241. The molecule has 2 nitrogen and oxygen atoms in total. The normalized spacial score (nSPS) is 9.15. The van der Waals surface area contributed by atoms with Gasteiger partial charge in [-0.2, -0.15) is 0 Å². The van der Waals surface area contributed by atoms with Gasteiger partial charge in [0, 0.05) is 6.42 Å². The minimum Gasteiger partial charge on any atom is -0.504 e. The maximum atomic E-state index is 11.1. The van der Waals surface area contributed by atoms with Crippen LogP contribution in [0.5, 0.6) is 5.75 Å². The molecule has 0 unspecified atom stereocenters. The molecule has 0 saturated heterocycles. The lowest BCUT2D eigenvalue weighted by Crippen LogP contribution is -1.96.